The summed E-state index contributed by atoms with van der Waals surface area (Å²) in [5.74, 6) is -0.177. The van der Waals surface area contributed by atoms with Crippen LogP contribution in [-0.4, -0.2) is 43.0 Å². The Morgan fingerprint density at radius 3 is 2.96 bits per heavy atom. The molecule has 0 saturated heterocycles. The van der Waals surface area contributed by atoms with E-state index in [4.69, 9.17) is 14.1 Å². The van der Waals surface area contributed by atoms with Gasteiger partial charge in [0.2, 0.25) is 0 Å². The molecule has 3 aromatic heterocycles. The maximum Gasteiger partial charge on any atom is 0.415 e. The van der Waals surface area contributed by atoms with E-state index in [0.717, 1.165) is 36.5 Å². The third-order valence-electron chi connectivity index (χ3n) is 5.26. The molecule has 0 bridgehead atoms. The Bertz CT molecular complexity index is 1020. The molecule has 9 heteroatoms. The first-order valence-corrected chi connectivity index (χ1v) is 9.13. The minimum absolute atomic E-state index is 0.177. The molecule has 1 atom stereocenters. The van der Waals surface area contributed by atoms with Crippen molar-refractivity contribution in [3.8, 4) is 17.3 Å². The highest BCUT2D eigenvalue weighted by Crippen LogP contribution is 2.32. The van der Waals surface area contributed by atoms with Crippen LogP contribution in [0.1, 0.15) is 18.2 Å². The lowest BCUT2D eigenvalue weighted by atomic mass is 10.0. The van der Waals surface area contributed by atoms with Crippen molar-refractivity contribution in [2.24, 2.45) is 0 Å². The zero-order chi connectivity index (χ0) is 19.3. The van der Waals surface area contributed by atoms with Crippen molar-refractivity contribution >= 4 is 5.82 Å². The largest absolute Gasteiger partial charge is 0.472 e. The topological polar surface area (TPSA) is 99.5 Å². The third kappa shape index (κ3) is 2.93. The molecule has 9 nitrogen and oxygen atoms in total. The number of nitro groups is 1. The number of pyridine rings is 1. The number of ether oxygens (including phenoxy) is 1. The Morgan fingerprint density at radius 2 is 2.21 bits per heavy atom. The van der Waals surface area contributed by atoms with Gasteiger partial charge < -0.3 is 19.3 Å². The predicted octanol–water partition coefficient (Wildman–Crippen LogP) is 2.66. The molecule has 0 aromatic carbocycles. The maximum absolute atomic E-state index is 10.9. The second kappa shape index (κ2) is 6.16. The lowest BCUT2D eigenvalue weighted by Gasteiger charge is -2.34. The van der Waals surface area contributed by atoms with Gasteiger partial charge in [-0.25, -0.2) is 0 Å². The molecular formula is C19H19N5O4. The lowest BCUT2D eigenvalue weighted by molar-refractivity contribution is -0.389. The van der Waals surface area contributed by atoms with Gasteiger partial charge in [0, 0.05) is 42.3 Å². The van der Waals surface area contributed by atoms with Gasteiger partial charge in [0.15, 0.2) is 0 Å². The van der Waals surface area contributed by atoms with Gasteiger partial charge in [0.1, 0.15) is 11.8 Å². The molecule has 0 aliphatic carbocycles. The van der Waals surface area contributed by atoms with Crippen molar-refractivity contribution in [3.63, 3.8) is 0 Å². The van der Waals surface area contributed by atoms with E-state index in [2.05, 4.69) is 16.0 Å². The molecular weight excluding hydrogens is 362 g/mol. The number of rotatable bonds is 4. The highest BCUT2D eigenvalue weighted by Gasteiger charge is 2.41. The minimum atomic E-state index is -0.502. The molecule has 28 heavy (non-hydrogen) atoms. The number of fused-ring (bicyclic) bond motifs is 2. The standard InChI is InChI=1S/C19H19N5O4/c1-19(12-23-9-17(24(25)26)21-18(23)28-19)11-22-6-4-16-13(8-22)2-3-15(20-16)14-5-7-27-10-14/h2-3,5,7,9-10H,4,6,8,11-12H2,1H3/t19-/m0/s1. The molecule has 0 N–H and O–H groups in total. The van der Waals surface area contributed by atoms with Crippen molar-refractivity contribution in [1.29, 1.82) is 0 Å². The van der Waals surface area contributed by atoms with Gasteiger partial charge in [0.25, 0.3) is 0 Å². The highest BCUT2D eigenvalue weighted by molar-refractivity contribution is 5.58. The summed E-state index contributed by atoms with van der Waals surface area (Å²) in [4.78, 5) is 21.4. The van der Waals surface area contributed by atoms with Crippen molar-refractivity contribution in [3.05, 3.63) is 58.3 Å². The first-order chi connectivity index (χ1) is 13.5. The van der Waals surface area contributed by atoms with Crippen LogP contribution < -0.4 is 4.74 Å². The molecule has 0 saturated carbocycles. The summed E-state index contributed by atoms with van der Waals surface area (Å²) in [6.45, 7) is 4.96. The monoisotopic (exact) mass is 381 g/mol. The molecule has 0 spiro atoms. The van der Waals surface area contributed by atoms with E-state index in [1.54, 1.807) is 17.1 Å². The predicted molar refractivity (Wildman–Crippen MR) is 98.8 cm³/mol. The second-order valence-electron chi connectivity index (χ2n) is 7.59. The summed E-state index contributed by atoms with van der Waals surface area (Å²) in [6, 6.07) is 6.38. The van der Waals surface area contributed by atoms with E-state index in [9.17, 15) is 10.1 Å². The molecule has 144 valence electrons. The van der Waals surface area contributed by atoms with Crippen LogP contribution in [0.2, 0.25) is 0 Å². The Hall–Kier alpha value is -3.20. The van der Waals surface area contributed by atoms with Gasteiger partial charge in [-0.15, -0.1) is 0 Å². The first kappa shape index (κ1) is 16.9. The van der Waals surface area contributed by atoms with Crippen molar-refractivity contribution < 1.29 is 14.1 Å². The van der Waals surface area contributed by atoms with Crippen LogP contribution in [0.5, 0.6) is 6.01 Å². The molecule has 0 fully saturated rings. The van der Waals surface area contributed by atoms with Crippen LogP contribution in [0.15, 0.2) is 41.3 Å². The van der Waals surface area contributed by atoms with Gasteiger partial charge >= 0.3 is 11.8 Å². The van der Waals surface area contributed by atoms with E-state index in [0.29, 0.717) is 19.1 Å². The zero-order valence-electron chi connectivity index (χ0n) is 15.4. The Labute approximate surface area is 160 Å². The fourth-order valence-electron chi connectivity index (χ4n) is 4.02. The number of hydrogen-bond donors (Lipinski definition) is 0. The molecule has 0 amide bonds. The van der Waals surface area contributed by atoms with Gasteiger partial charge in [0.05, 0.1) is 24.8 Å². The second-order valence-corrected chi connectivity index (χ2v) is 7.59. The summed E-state index contributed by atoms with van der Waals surface area (Å²) in [5, 5.41) is 10.9. The van der Waals surface area contributed by atoms with Crippen LogP contribution >= 0.6 is 0 Å². The quantitative estimate of drug-likeness (QED) is 0.506. The van der Waals surface area contributed by atoms with Crippen molar-refractivity contribution in [2.45, 2.75) is 32.0 Å². The van der Waals surface area contributed by atoms with Gasteiger partial charge in [-0.2, -0.15) is 0 Å². The van der Waals surface area contributed by atoms with Crippen molar-refractivity contribution in [2.75, 3.05) is 13.1 Å². The summed E-state index contributed by atoms with van der Waals surface area (Å²) in [7, 11) is 0. The Balaban J connectivity index is 1.28. The number of aromatic nitrogens is 3. The minimum Gasteiger partial charge on any atom is -0.472 e. The number of imidazole rings is 1. The van der Waals surface area contributed by atoms with Crippen LogP contribution in [0.3, 0.4) is 0 Å². The molecule has 2 aliphatic rings. The van der Waals surface area contributed by atoms with Crippen LogP contribution in [0, 0.1) is 10.1 Å². The first-order valence-electron chi connectivity index (χ1n) is 9.13. The number of nitrogens with zero attached hydrogens (tertiary/aromatic N) is 5. The van der Waals surface area contributed by atoms with E-state index >= 15 is 0 Å². The average molecular weight is 381 g/mol. The lowest BCUT2D eigenvalue weighted by Crippen LogP contribution is -2.46. The summed E-state index contributed by atoms with van der Waals surface area (Å²) in [6.07, 6.45) is 5.66. The molecule has 5 rings (SSSR count). The van der Waals surface area contributed by atoms with Crippen LogP contribution in [0.4, 0.5) is 5.82 Å². The van der Waals surface area contributed by atoms with Gasteiger partial charge in [-0.1, -0.05) is 6.07 Å². The van der Waals surface area contributed by atoms with E-state index < -0.39 is 10.5 Å². The van der Waals surface area contributed by atoms with E-state index in [-0.39, 0.29) is 5.82 Å². The van der Waals surface area contributed by atoms with Gasteiger partial charge in [-0.3, -0.25) is 14.5 Å². The molecule has 0 unspecified atom stereocenters. The van der Waals surface area contributed by atoms with Gasteiger partial charge in [-0.05, 0) is 29.5 Å². The molecule has 5 heterocycles. The van der Waals surface area contributed by atoms with Crippen molar-refractivity contribution in [1.82, 2.24) is 19.4 Å². The number of hydrogen-bond acceptors (Lipinski definition) is 7. The summed E-state index contributed by atoms with van der Waals surface area (Å²) >= 11 is 0. The summed E-state index contributed by atoms with van der Waals surface area (Å²) < 4.78 is 12.8. The highest BCUT2D eigenvalue weighted by atomic mass is 16.6. The number of furan rings is 1. The normalized spacial score (nSPS) is 21.2. The smallest absolute Gasteiger partial charge is 0.415 e. The molecule has 2 aliphatic heterocycles. The van der Waals surface area contributed by atoms with Crippen LogP contribution in [0.25, 0.3) is 11.3 Å². The summed E-state index contributed by atoms with van der Waals surface area (Å²) in [5.41, 5.74) is 3.79. The molecule has 3 aromatic rings. The SMILES string of the molecule is C[C@]1(CN2CCc3nc(-c4ccoc4)ccc3C2)Cn2cc([N+](=O)[O-])nc2O1. The fraction of sp³-hybridized carbons (Fsp3) is 0.368. The zero-order valence-corrected chi connectivity index (χ0v) is 15.4. The average Bonchev–Trinajstić information content (AvgIpc) is 3.36. The molecule has 0 radical (unpaired) electrons. The van der Waals surface area contributed by atoms with E-state index in [1.807, 2.05) is 19.1 Å². The Kier molecular flexibility index (Phi) is 3.73. The Morgan fingerprint density at radius 1 is 1.32 bits per heavy atom. The third-order valence-corrected chi connectivity index (χ3v) is 5.26. The van der Waals surface area contributed by atoms with E-state index in [1.165, 1.54) is 11.8 Å². The fourth-order valence-corrected chi connectivity index (χ4v) is 4.02. The van der Waals surface area contributed by atoms with Crippen LogP contribution in [-0.2, 0) is 19.5 Å². The maximum atomic E-state index is 10.9.